The second-order valence-electron chi connectivity index (χ2n) is 5.67. The molecule has 2 rings (SSSR count). The predicted octanol–water partition coefficient (Wildman–Crippen LogP) is 3.06. The third-order valence-corrected chi connectivity index (χ3v) is 4.07. The minimum Gasteiger partial charge on any atom is -0.394 e. The van der Waals surface area contributed by atoms with Crippen LogP contribution >= 0.6 is 0 Å². The SMILES string of the molecule is O=C1N[C@H](CO)CCCCCCCCc2ccccc21. The molecule has 0 saturated heterocycles. The molecule has 0 radical (unpaired) electrons. The fraction of sp³-hybridized carbons (Fsp3) is 0.588. The molecule has 1 aliphatic rings. The van der Waals surface area contributed by atoms with Crippen LogP contribution in [0.1, 0.15) is 60.9 Å². The Morgan fingerprint density at radius 1 is 1.05 bits per heavy atom. The average molecular weight is 275 g/mol. The first-order valence-corrected chi connectivity index (χ1v) is 7.81. The summed E-state index contributed by atoms with van der Waals surface area (Å²) in [5.41, 5.74) is 1.89. The van der Waals surface area contributed by atoms with Gasteiger partial charge in [-0.25, -0.2) is 0 Å². The van der Waals surface area contributed by atoms with Crippen LogP contribution in [0.3, 0.4) is 0 Å². The standard InChI is InChI=1S/C17H25NO2/c19-13-15-11-6-4-2-1-3-5-9-14-10-7-8-12-16(14)17(20)18-15/h7-8,10,12,15,19H,1-6,9,11,13H2,(H,18,20)/t15-/m0/s1. The molecule has 110 valence electrons. The van der Waals surface area contributed by atoms with Gasteiger partial charge in [-0.15, -0.1) is 0 Å². The highest BCUT2D eigenvalue weighted by atomic mass is 16.3. The van der Waals surface area contributed by atoms with E-state index in [1.807, 2.05) is 24.3 Å². The van der Waals surface area contributed by atoms with E-state index in [4.69, 9.17) is 0 Å². The van der Waals surface area contributed by atoms with E-state index in [0.717, 1.165) is 36.8 Å². The van der Waals surface area contributed by atoms with E-state index in [-0.39, 0.29) is 18.6 Å². The zero-order valence-corrected chi connectivity index (χ0v) is 12.1. The molecule has 1 heterocycles. The van der Waals surface area contributed by atoms with E-state index >= 15 is 0 Å². The Bertz CT molecular complexity index is 431. The van der Waals surface area contributed by atoms with Gasteiger partial charge in [0.25, 0.3) is 5.91 Å². The van der Waals surface area contributed by atoms with Crippen molar-refractivity contribution in [1.82, 2.24) is 5.32 Å². The van der Waals surface area contributed by atoms with E-state index < -0.39 is 0 Å². The highest BCUT2D eigenvalue weighted by molar-refractivity contribution is 5.95. The van der Waals surface area contributed by atoms with Gasteiger partial charge >= 0.3 is 0 Å². The Kier molecular flexibility index (Phi) is 6.06. The zero-order chi connectivity index (χ0) is 14.2. The van der Waals surface area contributed by atoms with E-state index in [2.05, 4.69) is 5.32 Å². The van der Waals surface area contributed by atoms with Crippen molar-refractivity contribution in [3.63, 3.8) is 0 Å². The largest absolute Gasteiger partial charge is 0.394 e. The lowest BCUT2D eigenvalue weighted by Gasteiger charge is -2.17. The molecule has 1 amide bonds. The van der Waals surface area contributed by atoms with Gasteiger partial charge in [0.1, 0.15) is 0 Å². The van der Waals surface area contributed by atoms with Crippen molar-refractivity contribution in [2.45, 2.75) is 57.4 Å². The molecule has 3 heteroatoms. The number of hydrogen-bond acceptors (Lipinski definition) is 2. The van der Waals surface area contributed by atoms with Crippen LogP contribution in [-0.4, -0.2) is 23.7 Å². The number of aliphatic hydroxyl groups excluding tert-OH is 1. The molecule has 20 heavy (non-hydrogen) atoms. The summed E-state index contributed by atoms with van der Waals surface area (Å²) in [6, 6.07) is 7.72. The predicted molar refractivity (Wildman–Crippen MR) is 80.8 cm³/mol. The topological polar surface area (TPSA) is 49.3 Å². The second kappa shape index (κ2) is 8.05. The fourth-order valence-corrected chi connectivity index (χ4v) is 2.85. The maximum absolute atomic E-state index is 12.4. The monoisotopic (exact) mass is 275 g/mol. The molecule has 0 spiro atoms. The molecule has 2 N–H and O–H groups in total. The van der Waals surface area contributed by atoms with Gasteiger partial charge in [0, 0.05) is 5.56 Å². The lowest BCUT2D eigenvalue weighted by Crippen LogP contribution is -2.37. The lowest BCUT2D eigenvalue weighted by molar-refractivity contribution is 0.0911. The number of benzene rings is 1. The van der Waals surface area contributed by atoms with E-state index in [1.165, 1.54) is 25.7 Å². The molecule has 0 aliphatic carbocycles. The van der Waals surface area contributed by atoms with Crippen LogP contribution < -0.4 is 5.32 Å². The first-order valence-electron chi connectivity index (χ1n) is 7.81. The summed E-state index contributed by atoms with van der Waals surface area (Å²) in [6.07, 6.45) is 9.01. The molecular formula is C17H25NO2. The van der Waals surface area contributed by atoms with Gasteiger partial charge in [-0.05, 0) is 30.9 Å². The lowest BCUT2D eigenvalue weighted by atomic mass is 10.00. The molecule has 1 aromatic rings. The quantitative estimate of drug-likeness (QED) is 0.827. The van der Waals surface area contributed by atoms with Crippen LogP contribution in [0.2, 0.25) is 0 Å². The molecule has 1 aliphatic heterocycles. The van der Waals surface area contributed by atoms with Gasteiger partial charge in [0.15, 0.2) is 0 Å². The third-order valence-electron chi connectivity index (χ3n) is 4.07. The molecule has 0 aromatic heterocycles. The zero-order valence-electron chi connectivity index (χ0n) is 12.1. The number of carbonyl (C=O) groups is 1. The molecular weight excluding hydrogens is 250 g/mol. The Hall–Kier alpha value is -1.35. The van der Waals surface area contributed by atoms with Gasteiger partial charge in [-0.2, -0.15) is 0 Å². The maximum Gasteiger partial charge on any atom is 0.251 e. The number of carbonyl (C=O) groups excluding carboxylic acids is 1. The number of aliphatic hydroxyl groups is 1. The van der Waals surface area contributed by atoms with Crippen LogP contribution in [0, 0.1) is 0 Å². The summed E-state index contributed by atoms with van der Waals surface area (Å²) in [5, 5.41) is 12.4. The first-order chi connectivity index (χ1) is 9.81. The Morgan fingerprint density at radius 2 is 1.75 bits per heavy atom. The van der Waals surface area contributed by atoms with Crippen LogP contribution in [0.15, 0.2) is 24.3 Å². The molecule has 0 saturated carbocycles. The van der Waals surface area contributed by atoms with Gasteiger partial charge in [-0.1, -0.05) is 50.3 Å². The summed E-state index contributed by atoms with van der Waals surface area (Å²) in [5.74, 6) is -0.0427. The Morgan fingerprint density at radius 3 is 2.55 bits per heavy atom. The van der Waals surface area contributed by atoms with Crippen molar-refractivity contribution in [2.75, 3.05) is 6.61 Å². The number of nitrogens with one attached hydrogen (secondary N) is 1. The third kappa shape index (κ3) is 4.34. The molecule has 1 atom stereocenters. The minimum absolute atomic E-state index is 0.0217. The molecule has 1 aromatic carbocycles. The molecule has 0 fully saturated rings. The highest BCUT2D eigenvalue weighted by Gasteiger charge is 2.15. The summed E-state index contributed by atoms with van der Waals surface area (Å²) < 4.78 is 0. The highest BCUT2D eigenvalue weighted by Crippen LogP contribution is 2.16. The van der Waals surface area contributed by atoms with Gasteiger partial charge in [-0.3, -0.25) is 4.79 Å². The minimum atomic E-state index is -0.115. The average Bonchev–Trinajstić information content (AvgIpc) is 2.49. The number of aryl methyl sites for hydroxylation is 1. The van der Waals surface area contributed by atoms with Crippen molar-refractivity contribution < 1.29 is 9.90 Å². The van der Waals surface area contributed by atoms with Gasteiger partial charge in [0.2, 0.25) is 0 Å². The van der Waals surface area contributed by atoms with Crippen molar-refractivity contribution >= 4 is 5.91 Å². The maximum atomic E-state index is 12.4. The smallest absolute Gasteiger partial charge is 0.251 e. The summed E-state index contributed by atoms with van der Waals surface area (Å²) in [6.45, 7) is 0.0217. The van der Waals surface area contributed by atoms with E-state index in [9.17, 15) is 9.90 Å². The molecule has 0 bridgehead atoms. The van der Waals surface area contributed by atoms with Gasteiger partial charge in [0.05, 0.1) is 12.6 Å². The van der Waals surface area contributed by atoms with E-state index in [0.29, 0.717) is 0 Å². The number of hydrogen-bond donors (Lipinski definition) is 2. The summed E-state index contributed by atoms with van der Waals surface area (Å²) in [4.78, 5) is 12.4. The van der Waals surface area contributed by atoms with Gasteiger partial charge < -0.3 is 10.4 Å². The van der Waals surface area contributed by atoms with Crippen molar-refractivity contribution in [3.8, 4) is 0 Å². The summed E-state index contributed by atoms with van der Waals surface area (Å²) in [7, 11) is 0. The van der Waals surface area contributed by atoms with Crippen LogP contribution in [0.25, 0.3) is 0 Å². The van der Waals surface area contributed by atoms with Crippen molar-refractivity contribution in [3.05, 3.63) is 35.4 Å². The van der Waals surface area contributed by atoms with Crippen LogP contribution in [-0.2, 0) is 6.42 Å². The van der Waals surface area contributed by atoms with E-state index in [1.54, 1.807) is 0 Å². The number of fused-ring (bicyclic) bond motifs is 1. The molecule has 3 nitrogen and oxygen atoms in total. The Labute approximate surface area is 121 Å². The first kappa shape index (κ1) is 15.0. The second-order valence-corrected chi connectivity index (χ2v) is 5.67. The summed E-state index contributed by atoms with van der Waals surface area (Å²) >= 11 is 0. The van der Waals surface area contributed by atoms with Crippen molar-refractivity contribution in [1.29, 1.82) is 0 Å². The number of amides is 1. The molecule has 0 unspecified atom stereocenters. The number of rotatable bonds is 1. The fourth-order valence-electron chi connectivity index (χ4n) is 2.85. The Balaban J connectivity index is 2.14. The van der Waals surface area contributed by atoms with Crippen molar-refractivity contribution in [2.24, 2.45) is 0 Å². The normalized spacial score (nSPS) is 21.9. The van der Waals surface area contributed by atoms with Crippen LogP contribution in [0.4, 0.5) is 0 Å². The van der Waals surface area contributed by atoms with Crippen LogP contribution in [0.5, 0.6) is 0 Å².